The van der Waals surface area contributed by atoms with E-state index in [9.17, 15) is 0 Å². The summed E-state index contributed by atoms with van der Waals surface area (Å²) in [5.74, 6) is 0.143. The fraction of sp³-hybridized carbons (Fsp3) is 0.500. The molecule has 0 spiro atoms. The molecular formula is C8H13N3S. The van der Waals surface area contributed by atoms with Crippen molar-refractivity contribution >= 4 is 17.2 Å². The SMILES string of the molecule is CCCc1nc(C)sc1C(=N)N. The molecule has 3 nitrogen and oxygen atoms in total. The molecule has 3 N–H and O–H groups in total. The Hall–Kier alpha value is -0.900. The molecule has 0 atom stereocenters. The molecule has 1 aromatic rings. The van der Waals surface area contributed by atoms with E-state index in [0.717, 1.165) is 28.4 Å². The maximum atomic E-state index is 7.32. The van der Waals surface area contributed by atoms with Gasteiger partial charge in [0.25, 0.3) is 0 Å². The maximum Gasteiger partial charge on any atom is 0.135 e. The number of hydrogen-bond donors (Lipinski definition) is 2. The first-order valence-corrected chi connectivity index (χ1v) is 4.77. The van der Waals surface area contributed by atoms with E-state index in [1.165, 1.54) is 11.3 Å². The Kier molecular flexibility index (Phi) is 2.81. The highest BCUT2D eigenvalue weighted by atomic mass is 32.1. The molecule has 0 bridgehead atoms. The van der Waals surface area contributed by atoms with Gasteiger partial charge in [0.1, 0.15) is 5.84 Å². The predicted molar refractivity (Wildman–Crippen MR) is 51.9 cm³/mol. The normalized spacial score (nSPS) is 10.2. The summed E-state index contributed by atoms with van der Waals surface area (Å²) in [6.07, 6.45) is 1.96. The summed E-state index contributed by atoms with van der Waals surface area (Å²) in [6, 6.07) is 0. The van der Waals surface area contributed by atoms with Crippen molar-refractivity contribution < 1.29 is 0 Å². The topological polar surface area (TPSA) is 62.8 Å². The Bertz CT molecular complexity index is 290. The van der Waals surface area contributed by atoms with Crippen LogP contribution < -0.4 is 5.73 Å². The first kappa shape index (κ1) is 9.19. The van der Waals surface area contributed by atoms with Crippen LogP contribution in [0.5, 0.6) is 0 Å². The molecule has 0 aliphatic carbocycles. The van der Waals surface area contributed by atoms with Gasteiger partial charge in [-0.25, -0.2) is 4.98 Å². The molecule has 0 saturated carbocycles. The molecule has 12 heavy (non-hydrogen) atoms. The Balaban J connectivity index is 2.99. The van der Waals surface area contributed by atoms with Crippen molar-refractivity contribution in [1.29, 1.82) is 5.41 Å². The molecule has 1 rings (SSSR count). The summed E-state index contributed by atoms with van der Waals surface area (Å²) < 4.78 is 0. The molecule has 0 saturated heterocycles. The van der Waals surface area contributed by atoms with Crippen molar-refractivity contribution in [2.75, 3.05) is 0 Å². The first-order chi connectivity index (χ1) is 5.65. The first-order valence-electron chi connectivity index (χ1n) is 3.95. The molecule has 0 amide bonds. The van der Waals surface area contributed by atoms with Crippen molar-refractivity contribution in [2.24, 2.45) is 5.73 Å². The molecule has 1 aromatic heterocycles. The number of hydrogen-bond acceptors (Lipinski definition) is 3. The van der Waals surface area contributed by atoms with Crippen molar-refractivity contribution in [3.05, 3.63) is 15.6 Å². The molecule has 0 radical (unpaired) electrons. The fourth-order valence-corrected chi connectivity index (χ4v) is 1.91. The third-order valence-electron chi connectivity index (χ3n) is 1.54. The van der Waals surface area contributed by atoms with E-state index >= 15 is 0 Å². The summed E-state index contributed by atoms with van der Waals surface area (Å²) in [5, 5.41) is 8.31. The number of nitrogen functional groups attached to an aromatic ring is 1. The molecule has 1 heterocycles. The van der Waals surface area contributed by atoms with Crippen LogP contribution in [-0.2, 0) is 6.42 Å². The van der Waals surface area contributed by atoms with Gasteiger partial charge in [-0.1, -0.05) is 13.3 Å². The third kappa shape index (κ3) is 1.82. The highest BCUT2D eigenvalue weighted by Crippen LogP contribution is 2.18. The van der Waals surface area contributed by atoms with Crippen molar-refractivity contribution in [3.63, 3.8) is 0 Å². The van der Waals surface area contributed by atoms with Gasteiger partial charge in [-0.15, -0.1) is 11.3 Å². The largest absolute Gasteiger partial charge is 0.383 e. The van der Waals surface area contributed by atoms with Crippen LogP contribution in [0.1, 0.15) is 28.9 Å². The highest BCUT2D eigenvalue weighted by molar-refractivity contribution is 7.13. The van der Waals surface area contributed by atoms with E-state index in [1.807, 2.05) is 6.92 Å². The quantitative estimate of drug-likeness (QED) is 0.553. The number of nitrogens with two attached hydrogens (primary N) is 1. The van der Waals surface area contributed by atoms with Gasteiger partial charge in [-0.2, -0.15) is 0 Å². The van der Waals surface area contributed by atoms with Crippen LogP contribution in [0.2, 0.25) is 0 Å². The molecule has 0 unspecified atom stereocenters. The van der Waals surface area contributed by atoms with Crippen LogP contribution in [0, 0.1) is 12.3 Å². The number of thiazole rings is 1. The highest BCUT2D eigenvalue weighted by Gasteiger charge is 2.09. The summed E-state index contributed by atoms with van der Waals surface area (Å²) in [6.45, 7) is 4.04. The van der Waals surface area contributed by atoms with Crippen LogP contribution in [0.3, 0.4) is 0 Å². The van der Waals surface area contributed by atoms with Gasteiger partial charge < -0.3 is 5.73 Å². The number of aryl methyl sites for hydroxylation is 2. The van der Waals surface area contributed by atoms with Gasteiger partial charge in [-0.3, -0.25) is 5.41 Å². The molecule has 0 aromatic carbocycles. The van der Waals surface area contributed by atoms with E-state index < -0.39 is 0 Å². The summed E-state index contributed by atoms with van der Waals surface area (Å²) in [5.41, 5.74) is 6.39. The summed E-state index contributed by atoms with van der Waals surface area (Å²) in [4.78, 5) is 5.16. The molecule has 0 aliphatic rings. The zero-order valence-corrected chi connectivity index (χ0v) is 8.16. The predicted octanol–water partition coefficient (Wildman–Crippen LogP) is 1.69. The average molecular weight is 183 g/mol. The van der Waals surface area contributed by atoms with Crippen molar-refractivity contribution in [1.82, 2.24) is 4.98 Å². The maximum absolute atomic E-state index is 7.32. The lowest BCUT2D eigenvalue weighted by atomic mass is 10.2. The molecule has 0 aliphatic heterocycles. The average Bonchev–Trinajstić information content (AvgIpc) is 2.32. The number of amidine groups is 1. The fourth-order valence-electron chi connectivity index (χ4n) is 1.09. The van der Waals surface area contributed by atoms with Crippen LogP contribution in [-0.4, -0.2) is 10.8 Å². The second-order valence-electron chi connectivity index (χ2n) is 2.67. The number of aromatic nitrogens is 1. The van der Waals surface area contributed by atoms with Gasteiger partial charge >= 0.3 is 0 Å². The lowest BCUT2D eigenvalue weighted by Gasteiger charge is -1.96. The zero-order chi connectivity index (χ0) is 9.14. The van der Waals surface area contributed by atoms with Crippen LogP contribution in [0.15, 0.2) is 0 Å². The Labute approximate surface area is 76.1 Å². The van der Waals surface area contributed by atoms with Gasteiger partial charge in [0.15, 0.2) is 0 Å². The number of nitrogens with zero attached hydrogens (tertiary/aromatic N) is 1. The minimum atomic E-state index is 0.143. The van der Waals surface area contributed by atoms with Crippen molar-refractivity contribution in [2.45, 2.75) is 26.7 Å². The van der Waals surface area contributed by atoms with E-state index in [4.69, 9.17) is 11.1 Å². The number of nitrogens with one attached hydrogen (secondary N) is 1. The molecule has 66 valence electrons. The number of rotatable bonds is 3. The van der Waals surface area contributed by atoms with E-state index in [1.54, 1.807) is 0 Å². The van der Waals surface area contributed by atoms with E-state index in [0.29, 0.717) is 0 Å². The molecule has 4 heteroatoms. The van der Waals surface area contributed by atoms with Crippen LogP contribution in [0.25, 0.3) is 0 Å². The van der Waals surface area contributed by atoms with Crippen LogP contribution in [0.4, 0.5) is 0 Å². The standard InChI is InChI=1S/C8H13N3S/c1-3-4-6-7(8(9)10)12-5(2)11-6/h3-4H2,1-2H3,(H3,9,10). The zero-order valence-electron chi connectivity index (χ0n) is 7.35. The van der Waals surface area contributed by atoms with Crippen molar-refractivity contribution in [3.8, 4) is 0 Å². The van der Waals surface area contributed by atoms with Crippen LogP contribution >= 0.6 is 11.3 Å². The second kappa shape index (κ2) is 3.67. The van der Waals surface area contributed by atoms with Gasteiger partial charge in [0.2, 0.25) is 0 Å². The van der Waals surface area contributed by atoms with E-state index in [-0.39, 0.29) is 5.84 Å². The minimum absolute atomic E-state index is 0.143. The monoisotopic (exact) mass is 183 g/mol. The van der Waals surface area contributed by atoms with Gasteiger partial charge in [-0.05, 0) is 13.3 Å². The second-order valence-corrected chi connectivity index (χ2v) is 3.88. The molecule has 0 fully saturated rings. The third-order valence-corrected chi connectivity index (χ3v) is 2.58. The Morgan fingerprint density at radius 2 is 2.33 bits per heavy atom. The van der Waals surface area contributed by atoms with E-state index in [2.05, 4.69) is 11.9 Å². The summed E-state index contributed by atoms with van der Waals surface area (Å²) in [7, 11) is 0. The Morgan fingerprint density at radius 3 is 2.83 bits per heavy atom. The van der Waals surface area contributed by atoms with Gasteiger partial charge in [0, 0.05) is 0 Å². The lowest BCUT2D eigenvalue weighted by molar-refractivity contribution is 0.885. The summed E-state index contributed by atoms with van der Waals surface area (Å²) >= 11 is 1.50. The minimum Gasteiger partial charge on any atom is -0.383 e. The smallest absolute Gasteiger partial charge is 0.135 e. The van der Waals surface area contributed by atoms with Gasteiger partial charge in [0.05, 0.1) is 15.6 Å². The Morgan fingerprint density at radius 1 is 1.67 bits per heavy atom. The molecular weight excluding hydrogens is 170 g/mol. The lowest BCUT2D eigenvalue weighted by Crippen LogP contribution is -2.11.